The second kappa shape index (κ2) is 4.51. The fourth-order valence-electron chi connectivity index (χ4n) is 2.02. The van der Waals surface area contributed by atoms with E-state index in [9.17, 15) is 4.79 Å². The number of aromatic nitrogens is 4. The quantitative estimate of drug-likeness (QED) is 0.791. The molecule has 0 aliphatic rings. The van der Waals surface area contributed by atoms with Gasteiger partial charge in [-0.15, -0.1) is 11.3 Å². The number of carbonyl (C=O) groups is 1. The van der Waals surface area contributed by atoms with Crippen molar-refractivity contribution in [2.24, 2.45) is 0 Å². The molecule has 3 aromatic rings. The van der Waals surface area contributed by atoms with Crippen molar-refractivity contribution in [1.29, 1.82) is 0 Å². The molecule has 0 saturated heterocycles. The van der Waals surface area contributed by atoms with Crippen LogP contribution in [0.25, 0.3) is 10.3 Å². The smallest absolute Gasteiger partial charge is 0.346 e. The highest BCUT2D eigenvalue weighted by Crippen LogP contribution is 2.25. The minimum atomic E-state index is -0.909. The number of aromatic carboxylic acids is 1. The zero-order valence-corrected chi connectivity index (χ0v) is 11.1. The van der Waals surface area contributed by atoms with Crippen molar-refractivity contribution in [1.82, 2.24) is 19.1 Å². The van der Waals surface area contributed by atoms with Gasteiger partial charge in [0.05, 0.1) is 30.4 Å². The summed E-state index contributed by atoms with van der Waals surface area (Å²) in [5, 5.41) is 8.99. The number of fused-ring (bicyclic) bond motifs is 1. The maximum Gasteiger partial charge on any atom is 0.346 e. The van der Waals surface area contributed by atoms with Crippen molar-refractivity contribution in [3.8, 4) is 0 Å². The van der Waals surface area contributed by atoms with Crippen LogP contribution < -0.4 is 0 Å². The number of carboxylic acids is 1. The molecule has 0 atom stereocenters. The molecule has 0 bridgehead atoms. The van der Waals surface area contributed by atoms with Crippen LogP contribution in [0.3, 0.4) is 0 Å². The molecule has 3 rings (SSSR count). The lowest BCUT2D eigenvalue weighted by atomic mass is 10.4. The lowest BCUT2D eigenvalue weighted by Crippen LogP contribution is -2.05. The molecule has 0 aliphatic heterocycles. The second-order valence-electron chi connectivity index (χ2n) is 4.15. The molecule has 1 N–H and O–H groups in total. The summed E-state index contributed by atoms with van der Waals surface area (Å²) in [5.74, 6) is -0.909. The summed E-state index contributed by atoms with van der Waals surface area (Å²) in [6.07, 6.45) is 5.35. The maximum absolute atomic E-state index is 11.0. The van der Waals surface area contributed by atoms with Gasteiger partial charge in [-0.05, 0) is 13.0 Å². The average molecular weight is 276 g/mol. The van der Waals surface area contributed by atoms with E-state index in [1.54, 1.807) is 18.7 Å². The first kappa shape index (κ1) is 11.9. The van der Waals surface area contributed by atoms with Gasteiger partial charge in [0, 0.05) is 12.7 Å². The fourth-order valence-corrected chi connectivity index (χ4v) is 2.87. The molecule has 0 radical (unpaired) electrons. The van der Waals surface area contributed by atoms with Crippen LogP contribution in [-0.2, 0) is 13.1 Å². The Morgan fingerprint density at radius 1 is 1.42 bits per heavy atom. The van der Waals surface area contributed by atoms with Gasteiger partial charge in [0.2, 0.25) is 0 Å². The van der Waals surface area contributed by atoms with Gasteiger partial charge in [0.1, 0.15) is 9.71 Å². The van der Waals surface area contributed by atoms with E-state index in [2.05, 4.69) is 21.5 Å². The highest BCUT2D eigenvalue weighted by Gasteiger charge is 2.13. The van der Waals surface area contributed by atoms with Gasteiger partial charge in [-0.3, -0.25) is 0 Å². The Hall–Kier alpha value is -2.15. The van der Waals surface area contributed by atoms with E-state index < -0.39 is 5.97 Å². The summed E-state index contributed by atoms with van der Waals surface area (Å²) in [4.78, 5) is 20.4. The molecule has 98 valence electrons. The van der Waals surface area contributed by atoms with Crippen molar-refractivity contribution in [2.45, 2.75) is 20.0 Å². The monoisotopic (exact) mass is 276 g/mol. The number of thiophene rings is 1. The molecule has 19 heavy (non-hydrogen) atoms. The highest BCUT2D eigenvalue weighted by molar-refractivity contribution is 7.20. The standard InChI is InChI=1S/C12H12N4O2S/c1-2-15-6-13-4-8(15)5-16-7-14-11-9(16)3-10(19-11)12(17)18/h3-4,6-7H,2,5H2,1H3,(H,17,18). The number of hydrogen-bond donors (Lipinski definition) is 1. The van der Waals surface area contributed by atoms with Crippen molar-refractivity contribution in [3.05, 3.63) is 35.5 Å². The lowest BCUT2D eigenvalue weighted by Gasteiger charge is -2.06. The van der Waals surface area contributed by atoms with E-state index in [1.165, 1.54) is 11.3 Å². The van der Waals surface area contributed by atoms with Crippen LogP contribution >= 0.6 is 11.3 Å². The largest absolute Gasteiger partial charge is 0.477 e. The average Bonchev–Trinajstić information content (AvgIpc) is 3.06. The molecule has 0 unspecified atom stereocenters. The summed E-state index contributed by atoms with van der Waals surface area (Å²) in [5.41, 5.74) is 1.93. The number of hydrogen-bond acceptors (Lipinski definition) is 4. The van der Waals surface area contributed by atoms with Crippen LogP contribution in [0.15, 0.2) is 24.9 Å². The van der Waals surface area contributed by atoms with Crippen LogP contribution in [0.5, 0.6) is 0 Å². The summed E-state index contributed by atoms with van der Waals surface area (Å²) in [6.45, 7) is 3.55. The molecule has 0 saturated carbocycles. The van der Waals surface area contributed by atoms with E-state index >= 15 is 0 Å². The van der Waals surface area contributed by atoms with Crippen molar-refractivity contribution < 1.29 is 9.90 Å². The molecule has 3 aromatic heterocycles. The molecule has 0 amide bonds. The first-order valence-electron chi connectivity index (χ1n) is 5.86. The Balaban J connectivity index is 1.99. The van der Waals surface area contributed by atoms with Crippen LogP contribution in [0.4, 0.5) is 0 Å². The summed E-state index contributed by atoms with van der Waals surface area (Å²) in [6, 6.07) is 1.67. The summed E-state index contributed by atoms with van der Waals surface area (Å²) < 4.78 is 4.00. The van der Waals surface area contributed by atoms with Crippen molar-refractivity contribution in [2.75, 3.05) is 0 Å². The van der Waals surface area contributed by atoms with Crippen molar-refractivity contribution >= 4 is 27.7 Å². The number of aryl methyl sites for hydroxylation is 1. The molecule has 6 nitrogen and oxygen atoms in total. The predicted molar refractivity (Wildman–Crippen MR) is 71.6 cm³/mol. The Morgan fingerprint density at radius 3 is 3.00 bits per heavy atom. The number of carboxylic acid groups (broad SMARTS) is 1. The zero-order valence-electron chi connectivity index (χ0n) is 10.3. The number of nitrogens with zero attached hydrogens (tertiary/aromatic N) is 4. The molecular weight excluding hydrogens is 264 g/mol. The minimum Gasteiger partial charge on any atom is -0.477 e. The van der Waals surface area contributed by atoms with Gasteiger partial charge < -0.3 is 14.2 Å². The van der Waals surface area contributed by atoms with Crippen LogP contribution in [-0.4, -0.2) is 30.2 Å². The van der Waals surface area contributed by atoms with Gasteiger partial charge in [-0.1, -0.05) is 0 Å². The predicted octanol–water partition coefficient (Wildman–Crippen LogP) is 2.06. The van der Waals surface area contributed by atoms with Crippen molar-refractivity contribution in [3.63, 3.8) is 0 Å². The van der Waals surface area contributed by atoms with Crippen LogP contribution in [0.2, 0.25) is 0 Å². The van der Waals surface area contributed by atoms with E-state index in [-0.39, 0.29) is 0 Å². The fraction of sp³-hybridized carbons (Fsp3) is 0.250. The SMILES string of the molecule is CCn1cncc1Cn1cnc2sc(C(=O)O)cc21. The number of rotatable bonds is 4. The van der Waals surface area contributed by atoms with Crippen LogP contribution in [0.1, 0.15) is 22.3 Å². The van der Waals surface area contributed by atoms with Gasteiger partial charge in [0.25, 0.3) is 0 Å². The Bertz CT molecular complexity index is 740. The molecule has 0 spiro atoms. The third-order valence-corrected chi connectivity index (χ3v) is 4.02. The third kappa shape index (κ3) is 2.01. The van der Waals surface area contributed by atoms with Gasteiger partial charge in [-0.25, -0.2) is 14.8 Å². The van der Waals surface area contributed by atoms with Crippen LogP contribution in [0, 0.1) is 0 Å². The summed E-state index contributed by atoms with van der Waals surface area (Å²) in [7, 11) is 0. The zero-order chi connectivity index (χ0) is 13.4. The van der Waals surface area contributed by atoms with E-state index in [1.807, 2.05) is 10.8 Å². The molecule has 0 aliphatic carbocycles. The van der Waals surface area contributed by atoms with Gasteiger partial charge >= 0.3 is 5.97 Å². The minimum absolute atomic E-state index is 0.316. The topological polar surface area (TPSA) is 72.9 Å². The highest BCUT2D eigenvalue weighted by atomic mass is 32.1. The first-order valence-corrected chi connectivity index (χ1v) is 6.67. The third-order valence-electron chi connectivity index (χ3n) is 3.00. The molecule has 0 fully saturated rings. The maximum atomic E-state index is 11.0. The molecule has 3 heterocycles. The Morgan fingerprint density at radius 2 is 2.26 bits per heavy atom. The number of imidazole rings is 2. The van der Waals surface area contributed by atoms with Gasteiger partial charge in [0.15, 0.2) is 0 Å². The normalized spacial score (nSPS) is 11.2. The second-order valence-corrected chi connectivity index (χ2v) is 5.18. The molecular formula is C12H12N4O2S. The molecule has 7 heteroatoms. The summed E-state index contributed by atoms with van der Waals surface area (Å²) >= 11 is 1.19. The van der Waals surface area contributed by atoms with Gasteiger partial charge in [-0.2, -0.15) is 0 Å². The Kier molecular flexibility index (Phi) is 2.83. The Labute approximate surface area is 113 Å². The van der Waals surface area contributed by atoms with E-state index in [0.717, 1.165) is 22.6 Å². The van der Waals surface area contributed by atoms with E-state index in [4.69, 9.17) is 5.11 Å². The van der Waals surface area contributed by atoms with E-state index in [0.29, 0.717) is 11.4 Å². The first-order chi connectivity index (χ1) is 9.19. The molecule has 0 aromatic carbocycles. The lowest BCUT2D eigenvalue weighted by molar-refractivity contribution is 0.0702.